The maximum Gasteiger partial charge on any atom is 0.426 e. The molecule has 1 rings (SSSR count). The summed E-state index contributed by atoms with van der Waals surface area (Å²) in [6, 6.07) is 0. The van der Waals surface area contributed by atoms with Crippen LogP contribution in [0, 0.1) is 0 Å². The van der Waals surface area contributed by atoms with Gasteiger partial charge < -0.3 is 14.2 Å². The fourth-order valence-electron chi connectivity index (χ4n) is 1.31. The lowest BCUT2D eigenvalue weighted by atomic mass is 10.2. The van der Waals surface area contributed by atoms with Crippen LogP contribution < -0.4 is 10.9 Å². The van der Waals surface area contributed by atoms with E-state index in [0.717, 1.165) is 0 Å². The molecule has 0 radical (unpaired) electrons. The summed E-state index contributed by atoms with van der Waals surface area (Å²) >= 11 is 0. The number of hydrazine groups is 1. The Labute approximate surface area is 106 Å². The molecule has 1 unspecified atom stereocenters. The molecule has 0 aromatic carbocycles. The van der Waals surface area contributed by atoms with Crippen LogP contribution in [0.5, 0.6) is 0 Å². The topological polar surface area (TPSA) is 85.9 Å². The molecule has 0 aliphatic carbocycles. The number of carbonyl (C=O) groups excluding carboxylic acids is 2. The van der Waals surface area contributed by atoms with Crippen molar-refractivity contribution in [2.75, 3.05) is 6.61 Å². The number of amides is 2. The Bertz CT molecular complexity index is 335. The van der Waals surface area contributed by atoms with Crippen LogP contribution in [0.15, 0.2) is 0 Å². The van der Waals surface area contributed by atoms with Gasteiger partial charge in [0.25, 0.3) is 5.91 Å². The summed E-state index contributed by atoms with van der Waals surface area (Å²) in [6.07, 6.45) is -1.47. The molecule has 2 amide bonds. The largest absolute Gasteiger partial charge is 0.443 e. The third-order valence-electron chi connectivity index (χ3n) is 1.99. The number of hydrogen-bond donors (Lipinski definition) is 2. The summed E-state index contributed by atoms with van der Waals surface area (Å²) in [4.78, 5) is 22.9. The van der Waals surface area contributed by atoms with Crippen LogP contribution in [-0.4, -0.2) is 36.1 Å². The molecule has 1 aliphatic heterocycles. The standard InChI is InChI=1S/C11H20N2O5/c1-10(2,3)18-9(15)13-12-8(14)7-6-16-11(4,5)17-7/h7H,6H2,1-5H3,(H,12,14)(H,13,15). The van der Waals surface area contributed by atoms with E-state index in [1.54, 1.807) is 34.6 Å². The second-order valence-corrected chi connectivity index (χ2v) is 5.43. The minimum Gasteiger partial charge on any atom is -0.443 e. The van der Waals surface area contributed by atoms with Gasteiger partial charge in [0.15, 0.2) is 11.9 Å². The molecule has 18 heavy (non-hydrogen) atoms. The van der Waals surface area contributed by atoms with E-state index in [-0.39, 0.29) is 6.61 Å². The van der Waals surface area contributed by atoms with E-state index in [0.29, 0.717) is 0 Å². The molecule has 1 aliphatic rings. The van der Waals surface area contributed by atoms with Crippen molar-refractivity contribution in [1.29, 1.82) is 0 Å². The van der Waals surface area contributed by atoms with E-state index in [9.17, 15) is 9.59 Å². The van der Waals surface area contributed by atoms with E-state index in [1.807, 2.05) is 0 Å². The van der Waals surface area contributed by atoms with Gasteiger partial charge in [-0.05, 0) is 34.6 Å². The smallest absolute Gasteiger partial charge is 0.426 e. The highest BCUT2D eigenvalue weighted by atomic mass is 16.7. The molecule has 1 heterocycles. The summed E-state index contributed by atoms with van der Waals surface area (Å²) < 4.78 is 15.5. The van der Waals surface area contributed by atoms with Gasteiger partial charge in [-0.15, -0.1) is 0 Å². The Morgan fingerprint density at radius 1 is 1.28 bits per heavy atom. The lowest BCUT2D eigenvalue weighted by Gasteiger charge is -2.20. The first kappa shape index (κ1) is 14.7. The molecule has 7 nitrogen and oxygen atoms in total. The highest BCUT2D eigenvalue weighted by molar-refractivity contribution is 5.83. The zero-order valence-electron chi connectivity index (χ0n) is 11.3. The SMILES string of the molecule is CC(C)(C)OC(=O)NNC(=O)C1COC(C)(C)O1. The van der Waals surface area contributed by atoms with Gasteiger partial charge in [-0.2, -0.15) is 0 Å². The Morgan fingerprint density at radius 2 is 1.89 bits per heavy atom. The van der Waals surface area contributed by atoms with Crippen molar-refractivity contribution in [3.8, 4) is 0 Å². The number of rotatable bonds is 1. The second kappa shape index (κ2) is 5.11. The summed E-state index contributed by atoms with van der Waals surface area (Å²) in [6.45, 7) is 8.75. The van der Waals surface area contributed by atoms with E-state index in [2.05, 4.69) is 10.9 Å². The highest BCUT2D eigenvalue weighted by Crippen LogP contribution is 2.21. The van der Waals surface area contributed by atoms with Crippen molar-refractivity contribution in [2.24, 2.45) is 0 Å². The predicted octanol–water partition coefficient (Wildman–Crippen LogP) is 0.694. The van der Waals surface area contributed by atoms with Crippen LogP contribution in [0.2, 0.25) is 0 Å². The van der Waals surface area contributed by atoms with Gasteiger partial charge in [0.05, 0.1) is 6.61 Å². The van der Waals surface area contributed by atoms with Gasteiger partial charge in [0.1, 0.15) is 5.60 Å². The molecular weight excluding hydrogens is 240 g/mol. The van der Waals surface area contributed by atoms with E-state index in [1.165, 1.54) is 0 Å². The molecule has 0 spiro atoms. The summed E-state index contributed by atoms with van der Waals surface area (Å²) in [5.41, 5.74) is 3.74. The highest BCUT2D eigenvalue weighted by Gasteiger charge is 2.37. The first-order valence-corrected chi connectivity index (χ1v) is 5.70. The molecule has 1 saturated heterocycles. The van der Waals surface area contributed by atoms with Gasteiger partial charge in [0.2, 0.25) is 0 Å². The van der Waals surface area contributed by atoms with Crippen LogP contribution in [0.3, 0.4) is 0 Å². The minimum absolute atomic E-state index is 0.148. The van der Waals surface area contributed by atoms with Crippen LogP contribution in [0.25, 0.3) is 0 Å². The van der Waals surface area contributed by atoms with Crippen molar-refractivity contribution in [3.05, 3.63) is 0 Å². The maximum atomic E-state index is 11.6. The van der Waals surface area contributed by atoms with Crippen LogP contribution in [0.1, 0.15) is 34.6 Å². The summed E-state index contributed by atoms with van der Waals surface area (Å²) in [7, 11) is 0. The van der Waals surface area contributed by atoms with Gasteiger partial charge in [-0.3, -0.25) is 10.2 Å². The van der Waals surface area contributed by atoms with E-state index < -0.39 is 29.5 Å². The number of hydrogen-bond acceptors (Lipinski definition) is 5. The molecule has 1 atom stereocenters. The van der Waals surface area contributed by atoms with Gasteiger partial charge in [0, 0.05) is 0 Å². The molecule has 1 fully saturated rings. The van der Waals surface area contributed by atoms with Crippen molar-refractivity contribution in [3.63, 3.8) is 0 Å². The van der Waals surface area contributed by atoms with Crippen molar-refractivity contribution >= 4 is 12.0 Å². The molecule has 0 saturated carbocycles. The molecule has 0 aromatic rings. The molecule has 0 bridgehead atoms. The monoisotopic (exact) mass is 260 g/mol. The molecule has 104 valence electrons. The Morgan fingerprint density at radius 3 is 2.33 bits per heavy atom. The maximum absolute atomic E-state index is 11.6. The first-order valence-electron chi connectivity index (χ1n) is 5.70. The quantitative estimate of drug-likeness (QED) is 0.678. The van der Waals surface area contributed by atoms with Crippen molar-refractivity contribution < 1.29 is 23.8 Å². The third-order valence-corrected chi connectivity index (χ3v) is 1.99. The van der Waals surface area contributed by atoms with Crippen molar-refractivity contribution in [2.45, 2.75) is 52.1 Å². The zero-order chi connectivity index (χ0) is 14.0. The van der Waals surface area contributed by atoms with Crippen LogP contribution in [-0.2, 0) is 19.0 Å². The predicted molar refractivity (Wildman–Crippen MR) is 62.4 cm³/mol. The number of ether oxygens (including phenoxy) is 3. The summed E-state index contributed by atoms with van der Waals surface area (Å²) in [5.74, 6) is -1.26. The lowest BCUT2D eigenvalue weighted by Crippen LogP contribution is -2.48. The first-order chi connectivity index (χ1) is 8.09. The zero-order valence-corrected chi connectivity index (χ0v) is 11.3. The minimum atomic E-state index is -0.784. The molecule has 0 aromatic heterocycles. The number of carbonyl (C=O) groups is 2. The Balaban J connectivity index is 2.32. The second-order valence-electron chi connectivity index (χ2n) is 5.43. The average Bonchev–Trinajstić information content (AvgIpc) is 2.52. The van der Waals surface area contributed by atoms with Gasteiger partial charge >= 0.3 is 6.09 Å². The van der Waals surface area contributed by atoms with Crippen molar-refractivity contribution in [1.82, 2.24) is 10.9 Å². The fourth-order valence-corrected chi connectivity index (χ4v) is 1.31. The Hall–Kier alpha value is -1.34. The van der Waals surface area contributed by atoms with Crippen LogP contribution >= 0.6 is 0 Å². The van der Waals surface area contributed by atoms with Gasteiger partial charge in [-0.25, -0.2) is 10.2 Å². The van der Waals surface area contributed by atoms with E-state index in [4.69, 9.17) is 14.2 Å². The molecular formula is C11H20N2O5. The van der Waals surface area contributed by atoms with Gasteiger partial charge in [-0.1, -0.05) is 0 Å². The molecule has 7 heteroatoms. The fraction of sp³-hybridized carbons (Fsp3) is 0.818. The lowest BCUT2D eigenvalue weighted by molar-refractivity contribution is -0.153. The third kappa shape index (κ3) is 4.89. The normalized spacial score (nSPS) is 22.4. The Kier molecular flexibility index (Phi) is 4.18. The summed E-state index contributed by atoms with van der Waals surface area (Å²) in [5, 5.41) is 0. The van der Waals surface area contributed by atoms with Crippen LogP contribution in [0.4, 0.5) is 4.79 Å². The average molecular weight is 260 g/mol. The van der Waals surface area contributed by atoms with E-state index >= 15 is 0 Å². The number of nitrogens with one attached hydrogen (secondary N) is 2. The molecule has 2 N–H and O–H groups in total.